The number of benzene rings is 1. The zero-order valence-electron chi connectivity index (χ0n) is 10.5. The van der Waals surface area contributed by atoms with Crippen LogP contribution in [0.5, 0.6) is 0 Å². The van der Waals surface area contributed by atoms with Crippen LogP contribution in [0.15, 0.2) is 24.3 Å². The van der Waals surface area contributed by atoms with E-state index in [0.717, 1.165) is 43.1 Å². The Morgan fingerprint density at radius 2 is 2.22 bits per heavy atom. The van der Waals surface area contributed by atoms with Crippen LogP contribution in [0.1, 0.15) is 38.8 Å². The normalized spacial score (nSPS) is 12.5. The van der Waals surface area contributed by atoms with E-state index < -0.39 is 0 Å². The number of carbonyl (C=O) groups excluding carboxylic acids is 1. The highest BCUT2D eigenvalue weighted by molar-refractivity contribution is 5.74. The van der Waals surface area contributed by atoms with E-state index in [1.54, 1.807) is 4.68 Å². The van der Waals surface area contributed by atoms with Crippen molar-refractivity contribution in [2.45, 2.75) is 38.8 Å². The Hall–Kier alpha value is -1.91. The van der Waals surface area contributed by atoms with E-state index in [9.17, 15) is 4.79 Å². The molecule has 0 aliphatic heterocycles. The standard InChI is InChI=1S/C13H18N4O/c1-2-3-4-9-13(14-10-18)17-12-8-6-5-7-11(12)15-16-17/h5-8,10,13H,2-4,9H2,1H3,(H,14,18). The third kappa shape index (κ3) is 2.67. The van der Waals surface area contributed by atoms with Gasteiger partial charge in [-0.15, -0.1) is 5.10 Å². The fraction of sp³-hybridized carbons (Fsp3) is 0.462. The van der Waals surface area contributed by atoms with Gasteiger partial charge in [-0.1, -0.05) is 37.1 Å². The van der Waals surface area contributed by atoms with Gasteiger partial charge in [-0.25, -0.2) is 4.68 Å². The Bertz CT molecular complexity index is 508. The van der Waals surface area contributed by atoms with Gasteiger partial charge in [-0.3, -0.25) is 4.79 Å². The summed E-state index contributed by atoms with van der Waals surface area (Å²) < 4.78 is 1.79. The molecule has 96 valence electrons. The van der Waals surface area contributed by atoms with Crippen LogP contribution in [0.2, 0.25) is 0 Å². The van der Waals surface area contributed by atoms with E-state index >= 15 is 0 Å². The number of fused-ring (bicyclic) bond motifs is 1. The van der Waals surface area contributed by atoms with Crippen LogP contribution in [0.4, 0.5) is 0 Å². The van der Waals surface area contributed by atoms with Gasteiger partial charge in [0.2, 0.25) is 6.41 Å². The molecule has 1 heterocycles. The summed E-state index contributed by atoms with van der Waals surface area (Å²) in [6.07, 6.45) is 4.88. The molecule has 0 saturated heterocycles. The van der Waals surface area contributed by atoms with Gasteiger partial charge in [0.15, 0.2) is 0 Å². The maximum absolute atomic E-state index is 10.7. The number of aromatic nitrogens is 3. The second-order valence-corrected chi connectivity index (χ2v) is 4.32. The lowest BCUT2D eigenvalue weighted by molar-refractivity contribution is -0.110. The second kappa shape index (κ2) is 6.14. The average Bonchev–Trinajstić information content (AvgIpc) is 2.82. The zero-order valence-corrected chi connectivity index (χ0v) is 10.5. The fourth-order valence-electron chi connectivity index (χ4n) is 2.06. The molecular formula is C13H18N4O. The maximum atomic E-state index is 10.7. The lowest BCUT2D eigenvalue weighted by Gasteiger charge is -2.16. The SMILES string of the molecule is CCCCCC(NC=O)n1nnc2ccccc21. The molecule has 1 unspecified atom stereocenters. The van der Waals surface area contributed by atoms with Gasteiger partial charge in [0, 0.05) is 0 Å². The quantitative estimate of drug-likeness (QED) is 0.602. The molecule has 0 radical (unpaired) electrons. The summed E-state index contributed by atoms with van der Waals surface area (Å²) in [5.74, 6) is 0. The monoisotopic (exact) mass is 246 g/mol. The highest BCUT2D eigenvalue weighted by Crippen LogP contribution is 2.18. The number of hydrogen-bond acceptors (Lipinski definition) is 3. The van der Waals surface area contributed by atoms with E-state index in [4.69, 9.17) is 0 Å². The fourth-order valence-corrected chi connectivity index (χ4v) is 2.06. The molecule has 0 spiro atoms. The molecule has 2 rings (SSSR count). The predicted molar refractivity (Wildman–Crippen MR) is 69.9 cm³/mol. The Balaban J connectivity index is 2.21. The van der Waals surface area contributed by atoms with Gasteiger partial charge in [-0.2, -0.15) is 0 Å². The van der Waals surface area contributed by atoms with Crippen molar-refractivity contribution in [2.75, 3.05) is 0 Å². The van der Waals surface area contributed by atoms with Crippen molar-refractivity contribution in [3.63, 3.8) is 0 Å². The van der Waals surface area contributed by atoms with Crippen molar-refractivity contribution in [3.8, 4) is 0 Å². The van der Waals surface area contributed by atoms with E-state index in [0.29, 0.717) is 0 Å². The minimum absolute atomic E-state index is 0.110. The first-order valence-electron chi connectivity index (χ1n) is 6.36. The molecular weight excluding hydrogens is 228 g/mol. The molecule has 0 fully saturated rings. The summed E-state index contributed by atoms with van der Waals surface area (Å²) in [4.78, 5) is 10.7. The number of carbonyl (C=O) groups is 1. The van der Waals surface area contributed by atoms with Crippen LogP contribution in [0.25, 0.3) is 11.0 Å². The van der Waals surface area contributed by atoms with Gasteiger partial charge in [-0.05, 0) is 25.0 Å². The Morgan fingerprint density at radius 3 is 3.00 bits per heavy atom. The highest BCUT2D eigenvalue weighted by atomic mass is 16.1. The molecule has 5 heteroatoms. The molecule has 2 aromatic rings. The Kier molecular flexibility index (Phi) is 4.28. The van der Waals surface area contributed by atoms with Gasteiger partial charge < -0.3 is 5.32 Å². The summed E-state index contributed by atoms with van der Waals surface area (Å²) in [6, 6.07) is 7.77. The van der Waals surface area contributed by atoms with E-state index in [1.165, 1.54) is 0 Å². The molecule has 1 aromatic heterocycles. The van der Waals surface area contributed by atoms with Gasteiger partial charge in [0.05, 0.1) is 5.52 Å². The maximum Gasteiger partial charge on any atom is 0.208 e. The molecule has 0 saturated carbocycles. The molecule has 5 nitrogen and oxygen atoms in total. The Morgan fingerprint density at radius 1 is 1.39 bits per heavy atom. The molecule has 1 aromatic carbocycles. The minimum Gasteiger partial charge on any atom is -0.337 e. The number of nitrogens with one attached hydrogen (secondary N) is 1. The number of unbranched alkanes of at least 4 members (excludes halogenated alkanes) is 2. The molecule has 0 aliphatic rings. The highest BCUT2D eigenvalue weighted by Gasteiger charge is 2.13. The number of rotatable bonds is 7. The molecule has 0 aliphatic carbocycles. The van der Waals surface area contributed by atoms with E-state index in [2.05, 4.69) is 22.6 Å². The second-order valence-electron chi connectivity index (χ2n) is 4.32. The first-order chi connectivity index (χ1) is 8.86. The lowest BCUT2D eigenvalue weighted by atomic mass is 10.1. The van der Waals surface area contributed by atoms with Gasteiger partial charge >= 0.3 is 0 Å². The number of nitrogens with zero attached hydrogens (tertiary/aromatic N) is 3. The van der Waals surface area contributed by atoms with E-state index in [1.807, 2.05) is 24.3 Å². The summed E-state index contributed by atoms with van der Waals surface area (Å²) >= 11 is 0. The van der Waals surface area contributed by atoms with Crippen LogP contribution < -0.4 is 5.32 Å². The van der Waals surface area contributed by atoms with Crippen molar-refractivity contribution in [3.05, 3.63) is 24.3 Å². The molecule has 1 N–H and O–H groups in total. The van der Waals surface area contributed by atoms with Crippen molar-refractivity contribution in [1.29, 1.82) is 0 Å². The first kappa shape index (κ1) is 12.5. The van der Waals surface area contributed by atoms with Crippen LogP contribution >= 0.6 is 0 Å². The topological polar surface area (TPSA) is 59.8 Å². The zero-order chi connectivity index (χ0) is 12.8. The minimum atomic E-state index is -0.110. The average molecular weight is 246 g/mol. The van der Waals surface area contributed by atoms with E-state index in [-0.39, 0.29) is 6.17 Å². The summed E-state index contributed by atoms with van der Waals surface area (Å²) in [5, 5.41) is 11.1. The lowest BCUT2D eigenvalue weighted by Crippen LogP contribution is -2.26. The van der Waals surface area contributed by atoms with Crippen LogP contribution in [0.3, 0.4) is 0 Å². The molecule has 1 amide bonds. The first-order valence-corrected chi connectivity index (χ1v) is 6.36. The molecule has 18 heavy (non-hydrogen) atoms. The third-order valence-electron chi connectivity index (χ3n) is 3.01. The van der Waals surface area contributed by atoms with Gasteiger partial charge in [0.1, 0.15) is 11.7 Å². The number of hydrogen-bond donors (Lipinski definition) is 1. The van der Waals surface area contributed by atoms with Crippen molar-refractivity contribution >= 4 is 17.4 Å². The van der Waals surface area contributed by atoms with Crippen LogP contribution in [0, 0.1) is 0 Å². The Labute approximate surface area is 106 Å². The summed E-state index contributed by atoms with van der Waals surface area (Å²) in [5.41, 5.74) is 1.80. The van der Waals surface area contributed by atoms with Gasteiger partial charge in [0.25, 0.3) is 0 Å². The van der Waals surface area contributed by atoms with Crippen LogP contribution in [-0.2, 0) is 4.79 Å². The van der Waals surface area contributed by atoms with Crippen molar-refractivity contribution in [2.24, 2.45) is 0 Å². The smallest absolute Gasteiger partial charge is 0.208 e. The summed E-state index contributed by atoms with van der Waals surface area (Å²) in [7, 11) is 0. The predicted octanol–water partition coefficient (Wildman–Crippen LogP) is 2.26. The molecule has 1 atom stereocenters. The number of para-hydroxylation sites is 1. The van der Waals surface area contributed by atoms with Crippen molar-refractivity contribution in [1.82, 2.24) is 20.3 Å². The van der Waals surface area contributed by atoms with Crippen molar-refractivity contribution < 1.29 is 4.79 Å². The largest absolute Gasteiger partial charge is 0.337 e. The third-order valence-corrected chi connectivity index (χ3v) is 3.01. The number of amides is 1. The summed E-state index contributed by atoms with van der Waals surface area (Å²) in [6.45, 7) is 2.16. The van der Waals surface area contributed by atoms with Crippen LogP contribution in [-0.4, -0.2) is 21.4 Å². The molecule has 0 bridgehead atoms.